The van der Waals surface area contributed by atoms with Gasteiger partial charge >= 0.3 is 0 Å². The second kappa shape index (κ2) is 6.55. The van der Waals surface area contributed by atoms with Gasteiger partial charge in [0.15, 0.2) is 11.5 Å². The zero-order chi connectivity index (χ0) is 17.3. The van der Waals surface area contributed by atoms with Gasteiger partial charge in [-0.05, 0) is 36.1 Å². The van der Waals surface area contributed by atoms with Crippen molar-refractivity contribution in [2.24, 2.45) is 0 Å². The monoisotopic (exact) mass is 340 g/mol. The molecule has 1 N–H and O–H groups in total. The molecule has 1 unspecified atom stereocenters. The molecule has 0 saturated carbocycles. The normalized spacial score (nSPS) is 22.7. The zero-order valence-corrected chi connectivity index (χ0v) is 13.9. The first kappa shape index (κ1) is 17.0. The van der Waals surface area contributed by atoms with Crippen LogP contribution in [0.2, 0.25) is 0 Å². The number of amides is 1. The molecule has 1 amide bonds. The summed E-state index contributed by atoms with van der Waals surface area (Å²) in [6.07, 6.45) is 0.923. The third-order valence-corrected chi connectivity index (χ3v) is 4.73. The fourth-order valence-corrected chi connectivity index (χ4v) is 3.38. The highest BCUT2D eigenvalue weighted by molar-refractivity contribution is 5.82. The summed E-state index contributed by atoms with van der Waals surface area (Å²) in [4.78, 5) is 14.2. The summed E-state index contributed by atoms with van der Waals surface area (Å²) in [5.74, 6) is -1.71. The summed E-state index contributed by atoms with van der Waals surface area (Å²) in [6.45, 7) is 0.613. The van der Waals surface area contributed by atoms with E-state index in [1.807, 2.05) is 12.1 Å². The predicted molar refractivity (Wildman–Crippen MR) is 84.9 cm³/mol. The van der Waals surface area contributed by atoms with Crippen LogP contribution in [0.15, 0.2) is 12.1 Å². The van der Waals surface area contributed by atoms with Crippen molar-refractivity contribution < 1.29 is 23.0 Å². The van der Waals surface area contributed by atoms with Crippen LogP contribution < -0.4 is 14.8 Å². The number of halogens is 2. The third kappa shape index (κ3) is 3.31. The highest BCUT2D eigenvalue weighted by Gasteiger charge is 2.43. The number of hydrogen-bond donors (Lipinski definition) is 1. The van der Waals surface area contributed by atoms with E-state index in [9.17, 15) is 13.6 Å². The van der Waals surface area contributed by atoms with Crippen LogP contribution in [-0.2, 0) is 17.6 Å². The fraction of sp³-hybridized carbons (Fsp3) is 0.588. The first-order chi connectivity index (χ1) is 11.4. The Bertz CT molecular complexity index is 602. The van der Waals surface area contributed by atoms with Crippen molar-refractivity contribution in [2.75, 3.05) is 33.9 Å². The summed E-state index contributed by atoms with van der Waals surface area (Å²) < 4.78 is 37.3. The van der Waals surface area contributed by atoms with Crippen LogP contribution in [0.1, 0.15) is 17.5 Å². The Morgan fingerprint density at radius 1 is 1.17 bits per heavy atom. The Hall–Kier alpha value is -1.89. The van der Waals surface area contributed by atoms with Crippen LogP contribution in [0.5, 0.6) is 11.5 Å². The largest absolute Gasteiger partial charge is 0.493 e. The van der Waals surface area contributed by atoms with E-state index in [0.717, 1.165) is 11.1 Å². The van der Waals surface area contributed by atoms with E-state index < -0.39 is 24.9 Å². The molecule has 2 aliphatic heterocycles. The fourth-order valence-electron chi connectivity index (χ4n) is 3.38. The molecular weight excluding hydrogens is 318 g/mol. The van der Waals surface area contributed by atoms with Crippen molar-refractivity contribution in [3.63, 3.8) is 0 Å². The number of benzene rings is 1. The van der Waals surface area contributed by atoms with Crippen molar-refractivity contribution in [2.45, 2.75) is 31.2 Å². The summed E-state index contributed by atoms with van der Waals surface area (Å²) in [7, 11) is 3.17. The lowest BCUT2D eigenvalue weighted by Crippen LogP contribution is -2.44. The average molecular weight is 340 g/mol. The Labute approximate surface area is 139 Å². The standard InChI is InChI=1S/C17H22F2N2O3/c1-23-14-7-11-3-5-21(6-4-12(11)8-15(14)24-2)16(22)13-9-17(18,19)10-20-13/h7-8,13,20H,3-6,9-10H2,1-2H3. The predicted octanol–water partition coefficient (Wildman–Crippen LogP) is 1.63. The van der Waals surface area contributed by atoms with Gasteiger partial charge in [-0.3, -0.25) is 10.1 Å². The SMILES string of the molecule is COc1cc2c(cc1OC)CCN(C(=O)C1CC(F)(F)CN1)CC2. The summed E-state index contributed by atoms with van der Waals surface area (Å²) in [5, 5.41) is 2.64. The summed E-state index contributed by atoms with van der Waals surface area (Å²) >= 11 is 0. The van der Waals surface area contributed by atoms with Crippen LogP contribution in [0.4, 0.5) is 8.78 Å². The average Bonchev–Trinajstić information content (AvgIpc) is 2.81. The number of alkyl halides is 2. The smallest absolute Gasteiger partial charge is 0.262 e. The van der Waals surface area contributed by atoms with Crippen LogP contribution in [0, 0.1) is 0 Å². The zero-order valence-electron chi connectivity index (χ0n) is 13.9. The van der Waals surface area contributed by atoms with E-state index in [4.69, 9.17) is 9.47 Å². The first-order valence-corrected chi connectivity index (χ1v) is 8.07. The Morgan fingerprint density at radius 3 is 2.12 bits per heavy atom. The van der Waals surface area contributed by atoms with E-state index >= 15 is 0 Å². The van der Waals surface area contributed by atoms with Crippen LogP contribution in [0.3, 0.4) is 0 Å². The van der Waals surface area contributed by atoms with Gasteiger partial charge in [-0.25, -0.2) is 8.78 Å². The second-order valence-electron chi connectivity index (χ2n) is 6.29. The minimum absolute atomic E-state index is 0.237. The van der Waals surface area contributed by atoms with Crippen molar-refractivity contribution in [1.29, 1.82) is 0 Å². The van der Waals surface area contributed by atoms with Crippen molar-refractivity contribution in [3.05, 3.63) is 23.3 Å². The Morgan fingerprint density at radius 2 is 1.71 bits per heavy atom. The Balaban J connectivity index is 1.72. The molecule has 0 aliphatic carbocycles. The molecule has 0 spiro atoms. The van der Waals surface area contributed by atoms with Crippen LogP contribution >= 0.6 is 0 Å². The maximum absolute atomic E-state index is 13.3. The molecule has 3 rings (SSSR count). The first-order valence-electron chi connectivity index (χ1n) is 8.07. The number of fused-ring (bicyclic) bond motifs is 1. The molecule has 0 bridgehead atoms. The number of ether oxygens (including phenoxy) is 2. The number of nitrogens with zero attached hydrogens (tertiary/aromatic N) is 1. The van der Waals surface area contributed by atoms with Gasteiger partial charge in [-0.2, -0.15) is 0 Å². The maximum atomic E-state index is 13.3. The lowest BCUT2D eigenvalue weighted by Gasteiger charge is -2.23. The Kier molecular flexibility index (Phi) is 4.62. The molecular formula is C17H22F2N2O3. The molecule has 1 saturated heterocycles. The minimum atomic E-state index is -2.80. The molecule has 1 fully saturated rings. The van der Waals surface area contributed by atoms with E-state index in [2.05, 4.69) is 5.32 Å². The van der Waals surface area contributed by atoms with E-state index in [0.29, 0.717) is 37.4 Å². The molecule has 2 aliphatic rings. The molecule has 2 heterocycles. The summed E-state index contributed by atoms with van der Waals surface area (Å²) in [5.41, 5.74) is 2.21. The lowest BCUT2D eigenvalue weighted by atomic mass is 10.0. The minimum Gasteiger partial charge on any atom is -0.493 e. The highest BCUT2D eigenvalue weighted by atomic mass is 19.3. The molecule has 1 aromatic carbocycles. The van der Waals surface area contributed by atoms with Gasteiger partial charge < -0.3 is 14.4 Å². The number of carbonyl (C=O) groups is 1. The number of carbonyl (C=O) groups excluding carboxylic acids is 1. The van der Waals surface area contributed by atoms with E-state index in [1.165, 1.54) is 0 Å². The van der Waals surface area contributed by atoms with Crippen molar-refractivity contribution >= 4 is 5.91 Å². The lowest BCUT2D eigenvalue weighted by molar-refractivity contribution is -0.133. The quantitative estimate of drug-likeness (QED) is 0.909. The van der Waals surface area contributed by atoms with Gasteiger partial charge in [-0.1, -0.05) is 0 Å². The van der Waals surface area contributed by atoms with Crippen molar-refractivity contribution in [1.82, 2.24) is 10.2 Å². The van der Waals surface area contributed by atoms with Crippen LogP contribution in [0.25, 0.3) is 0 Å². The number of rotatable bonds is 3. The second-order valence-corrected chi connectivity index (χ2v) is 6.29. The van der Waals surface area contributed by atoms with Crippen molar-refractivity contribution in [3.8, 4) is 11.5 Å². The molecule has 7 heteroatoms. The number of hydrogen-bond acceptors (Lipinski definition) is 4. The number of methoxy groups -OCH3 is 2. The van der Waals surface area contributed by atoms with E-state index in [-0.39, 0.29) is 5.91 Å². The topological polar surface area (TPSA) is 50.8 Å². The summed E-state index contributed by atoms with van der Waals surface area (Å²) in [6, 6.07) is 3.08. The van der Waals surface area contributed by atoms with Gasteiger partial charge in [0.2, 0.25) is 5.91 Å². The highest BCUT2D eigenvalue weighted by Crippen LogP contribution is 2.32. The molecule has 1 aromatic rings. The molecule has 0 radical (unpaired) electrons. The van der Waals surface area contributed by atoms with Crippen LogP contribution in [-0.4, -0.2) is 56.6 Å². The molecule has 0 aromatic heterocycles. The van der Waals surface area contributed by atoms with Gasteiger partial charge in [0.05, 0.1) is 26.8 Å². The third-order valence-electron chi connectivity index (χ3n) is 4.73. The maximum Gasteiger partial charge on any atom is 0.262 e. The molecule has 1 atom stereocenters. The number of nitrogens with one attached hydrogen (secondary N) is 1. The van der Waals surface area contributed by atoms with Gasteiger partial charge in [-0.15, -0.1) is 0 Å². The molecule has 132 valence electrons. The van der Waals surface area contributed by atoms with Gasteiger partial charge in [0, 0.05) is 19.5 Å². The molecule has 5 nitrogen and oxygen atoms in total. The van der Waals surface area contributed by atoms with Gasteiger partial charge in [0.1, 0.15) is 0 Å². The molecule has 24 heavy (non-hydrogen) atoms. The van der Waals surface area contributed by atoms with Gasteiger partial charge in [0.25, 0.3) is 5.92 Å². The van der Waals surface area contributed by atoms with E-state index in [1.54, 1.807) is 19.1 Å².